The van der Waals surface area contributed by atoms with Crippen LogP contribution in [0.2, 0.25) is 0 Å². The number of nitrogens with two attached hydrogens (primary N) is 1. The third-order valence-corrected chi connectivity index (χ3v) is 1.73. The molecule has 1 aromatic rings. The quantitative estimate of drug-likeness (QED) is 0.454. The van der Waals surface area contributed by atoms with E-state index in [1.807, 2.05) is 0 Å². The molecule has 0 bridgehead atoms. The van der Waals surface area contributed by atoms with Crippen LogP contribution in [-0.2, 0) is 0 Å². The SMILES string of the molecule is CC(C)(C)N=C(N)Nc1cc(F)c(F)cc1F. The molecule has 94 valence electrons. The molecule has 0 aliphatic heterocycles. The first kappa shape index (κ1) is 13.3. The highest BCUT2D eigenvalue weighted by Crippen LogP contribution is 2.18. The van der Waals surface area contributed by atoms with Gasteiger partial charge in [0.2, 0.25) is 0 Å². The zero-order chi connectivity index (χ0) is 13.2. The maximum Gasteiger partial charge on any atom is 0.193 e. The van der Waals surface area contributed by atoms with E-state index in [2.05, 4.69) is 10.3 Å². The topological polar surface area (TPSA) is 50.4 Å². The van der Waals surface area contributed by atoms with Crippen LogP contribution in [0.1, 0.15) is 20.8 Å². The fourth-order valence-corrected chi connectivity index (χ4v) is 1.15. The normalized spacial score (nSPS) is 12.7. The van der Waals surface area contributed by atoms with Gasteiger partial charge in [-0.1, -0.05) is 0 Å². The van der Waals surface area contributed by atoms with E-state index in [9.17, 15) is 13.2 Å². The molecule has 6 heteroatoms. The van der Waals surface area contributed by atoms with Crippen molar-refractivity contribution in [3.63, 3.8) is 0 Å². The first-order valence-electron chi connectivity index (χ1n) is 4.96. The summed E-state index contributed by atoms with van der Waals surface area (Å²) in [5, 5.41) is 2.38. The second-order valence-corrected chi connectivity index (χ2v) is 4.54. The van der Waals surface area contributed by atoms with Gasteiger partial charge in [-0.15, -0.1) is 0 Å². The van der Waals surface area contributed by atoms with Gasteiger partial charge in [0, 0.05) is 12.1 Å². The van der Waals surface area contributed by atoms with Gasteiger partial charge in [0.05, 0.1) is 11.2 Å². The molecule has 0 radical (unpaired) electrons. The Morgan fingerprint density at radius 3 is 2.18 bits per heavy atom. The van der Waals surface area contributed by atoms with Crippen molar-refractivity contribution >= 4 is 11.6 Å². The third-order valence-electron chi connectivity index (χ3n) is 1.73. The molecular weight excluding hydrogens is 231 g/mol. The largest absolute Gasteiger partial charge is 0.370 e. The zero-order valence-electron chi connectivity index (χ0n) is 9.81. The summed E-state index contributed by atoms with van der Waals surface area (Å²) >= 11 is 0. The van der Waals surface area contributed by atoms with E-state index in [1.54, 1.807) is 20.8 Å². The summed E-state index contributed by atoms with van der Waals surface area (Å²) < 4.78 is 38.8. The van der Waals surface area contributed by atoms with Gasteiger partial charge in [-0.3, -0.25) is 0 Å². The van der Waals surface area contributed by atoms with E-state index in [4.69, 9.17) is 5.73 Å². The van der Waals surface area contributed by atoms with E-state index in [0.29, 0.717) is 12.1 Å². The molecule has 0 atom stereocenters. The minimum atomic E-state index is -1.25. The Morgan fingerprint density at radius 2 is 1.65 bits per heavy atom. The van der Waals surface area contributed by atoms with Crippen LogP contribution in [0.4, 0.5) is 18.9 Å². The molecule has 0 aliphatic rings. The molecule has 3 N–H and O–H groups in total. The number of anilines is 1. The van der Waals surface area contributed by atoms with Crippen LogP contribution in [0.5, 0.6) is 0 Å². The number of hydrogen-bond donors (Lipinski definition) is 2. The monoisotopic (exact) mass is 245 g/mol. The van der Waals surface area contributed by atoms with Gasteiger partial charge >= 0.3 is 0 Å². The Labute approximate surface area is 97.5 Å². The second kappa shape index (κ2) is 4.65. The first-order valence-corrected chi connectivity index (χ1v) is 4.96. The molecule has 1 rings (SSSR count). The minimum absolute atomic E-state index is 0.0672. The van der Waals surface area contributed by atoms with E-state index >= 15 is 0 Å². The molecule has 0 unspecified atom stereocenters. The van der Waals surface area contributed by atoms with Crippen molar-refractivity contribution in [1.29, 1.82) is 0 Å². The highest BCUT2D eigenvalue weighted by atomic mass is 19.2. The number of guanidine groups is 1. The smallest absolute Gasteiger partial charge is 0.193 e. The van der Waals surface area contributed by atoms with E-state index in [0.717, 1.165) is 0 Å². The molecule has 0 spiro atoms. The zero-order valence-corrected chi connectivity index (χ0v) is 9.81. The van der Waals surface area contributed by atoms with E-state index in [1.165, 1.54) is 0 Å². The minimum Gasteiger partial charge on any atom is -0.370 e. The average Bonchev–Trinajstić information content (AvgIpc) is 2.11. The van der Waals surface area contributed by atoms with Crippen LogP contribution < -0.4 is 11.1 Å². The number of rotatable bonds is 1. The Balaban J connectivity index is 2.97. The molecule has 3 nitrogen and oxygen atoms in total. The molecular formula is C11H14F3N3. The van der Waals surface area contributed by atoms with Crippen LogP contribution >= 0.6 is 0 Å². The summed E-state index contributed by atoms with van der Waals surface area (Å²) in [5.41, 5.74) is 4.80. The summed E-state index contributed by atoms with van der Waals surface area (Å²) in [5.74, 6) is -3.41. The van der Waals surface area contributed by atoms with Gasteiger partial charge < -0.3 is 11.1 Å². The number of aliphatic imine (C=N–C) groups is 1. The number of hydrogen-bond acceptors (Lipinski definition) is 1. The van der Waals surface area contributed by atoms with Gasteiger partial charge in [0.1, 0.15) is 5.82 Å². The molecule has 0 saturated heterocycles. The summed E-state index contributed by atoms with van der Waals surface area (Å²) in [7, 11) is 0. The summed E-state index contributed by atoms with van der Waals surface area (Å²) in [4.78, 5) is 4.00. The fraction of sp³-hybridized carbons (Fsp3) is 0.364. The van der Waals surface area contributed by atoms with Gasteiger partial charge in [-0.2, -0.15) is 0 Å². The Bertz CT molecular complexity index is 450. The van der Waals surface area contributed by atoms with Crippen LogP contribution in [0, 0.1) is 17.5 Å². The van der Waals surface area contributed by atoms with Crippen molar-refractivity contribution < 1.29 is 13.2 Å². The van der Waals surface area contributed by atoms with Gasteiger partial charge in [0.25, 0.3) is 0 Å². The van der Waals surface area contributed by atoms with Gasteiger partial charge in [-0.05, 0) is 20.8 Å². The molecule has 0 aliphatic carbocycles. The number of nitrogens with one attached hydrogen (secondary N) is 1. The molecule has 1 aromatic carbocycles. The van der Waals surface area contributed by atoms with Crippen molar-refractivity contribution in [3.8, 4) is 0 Å². The fourth-order valence-electron chi connectivity index (χ4n) is 1.15. The van der Waals surface area contributed by atoms with Gasteiger partial charge in [-0.25, -0.2) is 18.2 Å². The number of halogens is 3. The predicted molar refractivity (Wildman–Crippen MR) is 61.3 cm³/mol. The predicted octanol–water partition coefficient (Wildman–Crippen LogP) is 2.63. The molecule has 0 fully saturated rings. The average molecular weight is 245 g/mol. The van der Waals surface area contributed by atoms with Crippen LogP contribution in [0.25, 0.3) is 0 Å². The first-order chi connectivity index (χ1) is 7.69. The van der Waals surface area contributed by atoms with Crippen molar-refractivity contribution in [2.45, 2.75) is 26.3 Å². The van der Waals surface area contributed by atoms with Crippen LogP contribution in [-0.4, -0.2) is 11.5 Å². The van der Waals surface area contributed by atoms with Crippen LogP contribution in [0.15, 0.2) is 17.1 Å². The lowest BCUT2D eigenvalue weighted by atomic mass is 10.1. The summed E-state index contributed by atoms with van der Waals surface area (Å²) in [6, 6.07) is 1.14. The molecule has 0 aromatic heterocycles. The summed E-state index contributed by atoms with van der Waals surface area (Å²) in [6.45, 7) is 5.38. The Morgan fingerprint density at radius 1 is 1.12 bits per heavy atom. The lowest BCUT2D eigenvalue weighted by molar-refractivity contribution is 0.496. The van der Waals surface area contributed by atoms with E-state index in [-0.39, 0.29) is 11.6 Å². The van der Waals surface area contributed by atoms with Crippen molar-refractivity contribution in [3.05, 3.63) is 29.6 Å². The molecule has 17 heavy (non-hydrogen) atoms. The maximum atomic E-state index is 13.2. The molecule has 0 heterocycles. The number of nitrogens with zero attached hydrogens (tertiary/aromatic N) is 1. The molecule has 0 amide bonds. The maximum absolute atomic E-state index is 13.2. The standard InChI is InChI=1S/C11H14F3N3/c1-11(2,3)17-10(15)16-9-5-7(13)6(12)4-8(9)14/h4-5H,1-3H3,(H3,15,16,17). The Hall–Kier alpha value is -1.72. The second-order valence-electron chi connectivity index (χ2n) is 4.54. The lowest BCUT2D eigenvalue weighted by Crippen LogP contribution is -2.27. The third kappa shape index (κ3) is 3.97. The van der Waals surface area contributed by atoms with Gasteiger partial charge in [0.15, 0.2) is 17.6 Å². The lowest BCUT2D eigenvalue weighted by Gasteiger charge is -2.14. The Kier molecular flexibility index (Phi) is 3.65. The van der Waals surface area contributed by atoms with Crippen molar-refractivity contribution in [2.75, 3.05) is 5.32 Å². The highest BCUT2D eigenvalue weighted by Gasteiger charge is 2.12. The number of benzene rings is 1. The van der Waals surface area contributed by atoms with E-state index < -0.39 is 23.0 Å². The summed E-state index contributed by atoms with van der Waals surface area (Å²) in [6.07, 6.45) is 0. The molecule has 0 saturated carbocycles. The van der Waals surface area contributed by atoms with Crippen molar-refractivity contribution in [2.24, 2.45) is 10.7 Å². The van der Waals surface area contributed by atoms with Crippen molar-refractivity contribution in [1.82, 2.24) is 0 Å². The highest BCUT2D eigenvalue weighted by molar-refractivity contribution is 5.92. The van der Waals surface area contributed by atoms with Crippen LogP contribution in [0.3, 0.4) is 0 Å².